The van der Waals surface area contributed by atoms with Gasteiger partial charge in [0.1, 0.15) is 11.6 Å². The third kappa shape index (κ3) is 4.14. The molecule has 0 radical (unpaired) electrons. The maximum absolute atomic E-state index is 13.7. The summed E-state index contributed by atoms with van der Waals surface area (Å²) in [6.07, 6.45) is 5.16. The highest BCUT2D eigenvalue weighted by atomic mass is 127. The molecule has 3 nitrogen and oxygen atoms in total. The van der Waals surface area contributed by atoms with Gasteiger partial charge in [-0.3, -0.25) is 0 Å². The molecule has 0 aromatic heterocycles. The van der Waals surface area contributed by atoms with E-state index in [9.17, 15) is 8.78 Å². The average molecular weight is 435 g/mol. The molecule has 1 N–H and O–H groups in total. The van der Waals surface area contributed by atoms with Crippen molar-refractivity contribution < 1.29 is 8.78 Å². The molecule has 6 heteroatoms. The van der Waals surface area contributed by atoms with E-state index >= 15 is 0 Å². The molecule has 1 aromatic carbocycles. The van der Waals surface area contributed by atoms with Gasteiger partial charge in [-0.25, -0.2) is 13.8 Å². The molecule has 128 valence electrons. The van der Waals surface area contributed by atoms with Crippen molar-refractivity contribution in [1.29, 1.82) is 0 Å². The Bertz CT molecular complexity index is 573. The van der Waals surface area contributed by atoms with Crippen LogP contribution >= 0.6 is 24.0 Å². The van der Waals surface area contributed by atoms with Crippen LogP contribution in [0.4, 0.5) is 8.78 Å². The lowest BCUT2D eigenvalue weighted by molar-refractivity contribution is 0.151. The monoisotopic (exact) mass is 435 g/mol. The number of rotatable bonds is 3. The minimum atomic E-state index is -0.425. The van der Waals surface area contributed by atoms with Crippen molar-refractivity contribution in [3.8, 4) is 0 Å². The van der Waals surface area contributed by atoms with Crippen molar-refractivity contribution in [3.63, 3.8) is 0 Å². The van der Waals surface area contributed by atoms with Crippen molar-refractivity contribution in [2.24, 2.45) is 10.4 Å². The maximum Gasteiger partial charge on any atom is 0.194 e. The molecule has 2 fully saturated rings. The van der Waals surface area contributed by atoms with Crippen LogP contribution in [0.5, 0.6) is 0 Å². The molecule has 0 unspecified atom stereocenters. The quantitative estimate of drug-likeness (QED) is 0.443. The number of hydrogen-bond donors (Lipinski definition) is 1. The summed E-state index contributed by atoms with van der Waals surface area (Å²) in [5, 5.41) is 3.27. The smallest absolute Gasteiger partial charge is 0.194 e. The fourth-order valence-corrected chi connectivity index (χ4v) is 3.45. The first kappa shape index (κ1) is 18.4. The first-order valence-corrected chi connectivity index (χ1v) is 8.09. The number of benzene rings is 1. The van der Waals surface area contributed by atoms with Crippen LogP contribution in [0.1, 0.15) is 38.2 Å². The van der Waals surface area contributed by atoms with Crippen LogP contribution in [0.15, 0.2) is 23.2 Å². The summed E-state index contributed by atoms with van der Waals surface area (Å²) in [7, 11) is 0. The lowest BCUT2D eigenvalue weighted by Crippen LogP contribution is -2.42. The van der Waals surface area contributed by atoms with E-state index in [-0.39, 0.29) is 30.5 Å². The molecule has 1 spiro atoms. The molecule has 23 heavy (non-hydrogen) atoms. The number of hydrogen-bond acceptors (Lipinski definition) is 1. The number of halogens is 3. The van der Waals surface area contributed by atoms with E-state index < -0.39 is 11.6 Å². The molecule has 0 bridgehead atoms. The summed E-state index contributed by atoms with van der Waals surface area (Å²) >= 11 is 0. The van der Waals surface area contributed by atoms with Gasteiger partial charge >= 0.3 is 0 Å². The lowest BCUT2D eigenvalue weighted by Gasteiger charge is -2.38. The topological polar surface area (TPSA) is 27.6 Å². The zero-order chi connectivity index (χ0) is 15.6. The highest BCUT2D eigenvalue weighted by molar-refractivity contribution is 14.0. The summed E-state index contributed by atoms with van der Waals surface area (Å²) in [5.74, 6) is -0.0148. The third-order valence-corrected chi connectivity index (χ3v) is 4.89. The Kier molecular flexibility index (Phi) is 6.22. The van der Waals surface area contributed by atoms with Crippen molar-refractivity contribution in [3.05, 3.63) is 35.4 Å². The summed E-state index contributed by atoms with van der Waals surface area (Å²) in [6.45, 7) is 4.98. The first-order valence-electron chi connectivity index (χ1n) is 8.09. The van der Waals surface area contributed by atoms with Crippen molar-refractivity contribution in [2.75, 3.05) is 19.6 Å². The molecule has 2 aliphatic rings. The standard InChI is InChI=1S/C17H23F2N3.HI/c1-2-20-16(22-9-8-17(12-22)6-3-7-17)21-11-13-10-14(18)4-5-15(13)19;/h4-5,10H,2-3,6-9,11-12H2,1H3,(H,20,21);1H. The Hall–Kier alpha value is -0.920. The van der Waals surface area contributed by atoms with Gasteiger partial charge < -0.3 is 10.2 Å². The molecule has 3 rings (SSSR count). The maximum atomic E-state index is 13.7. The summed E-state index contributed by atoms with van der Waals surface area (Å²) in [6, 6.07) is 3.51. The molecule has 0 atom stereocenters. The SMILES string of the molecule is CCNC(=NCc1cc(F)ccc1F)N1CCC2(CCC2)C1.I. The number of nitrogens with zero attached hydrogens (tertiary/aromatic N) is 2. The molecule has 1 aliphatic heterocycles. The molecule has 1 aliphatic carbocycles. The molecular weight excluding hydrogens is 411 g/mol. The summed E-state index contributed by atoms with van der Waals surface area (Å²) < 4.78 is 26.9. The average Bonchev–Trinajstić information content (AvgIpc) is 2.92. The minimum Gasteiger partial charge on any atom is -0.357 e. The predicted molar refractivity (Wildman–Crippen MR) is 99.1 cm³/mol. The molecule has 0 amide bonds. The van der Waals surface area contributed by atoms with Gasteiger partial charge in [0.25, 0.3) is 0 Å². The third-order valence-electron chi connectivity index (χ3n) is 4.89. The van der Waals surface area contributed by atoms with E-state index in [4.69, 9.17) is 0 Å². The van der Waals surface area contributed by atoms with Crippen LogP contribution in [0, 0.1) is 17.0 Å². The number of likely N-dealkylation sites (tertiary alicyclic amines) is 1. The first-order chi connectivity index (χ1) is 10.6. The second-order valence-electron chi connectivity index (χ2n) is 6.43. The Morgan fingerprint density at radius 1 is 1.30 bits per heavy atom. The van der Waals surface area contributed by atoms with Crippen LogP contribution in [0.25, 0.3) is 0 Å². The summed E-state index contributed by atoms with van der Waals surface area (Å²) in [5.41, 5.74) is 0.785. The van der Waals surface area contributed by atoms with E-state index in [2.05, 4.69) is 15.2 Å². The van der Waals surface area contributed by atoms with Crippen LogP contribution in [0.3, 0.4) is 0 Å². The second-order valence-corrected chi connectivity index (χ2v) is 6.43. The van der Waals surface area contributed by atoms with E-state index in [0.29, 0.717) is 11.0 Å². The minimum absolute atomic E-state index is 0. The predicted octanol–water partition coefficient (Wildman–Crippen LogP) is 3.92. The van der Waals surface area contributed by atoms with Crippen LogP contribution in [-0.2, 0) is 6.54 Å². The van der Waals surface area contributed by atoms with E-state index in [1.165, 1.54) is 31.7 Å². The Morgan fingerprint density at radius 3 is 2.70 bits per heavy atom. The zero-order valence-electron chi connectivity index (χ0n) is 13.4. The molecular formula is C17H24F2IN3. The highest BCUT2D eigenvalue weighted by Crippen LogP contribution is 2.47. The fourth-order valence-electron chi connectivity index (χ4n) is 3.45. The second kappa shape index (κ2) is 7.77. The van der Waals surface area contributed by atoms with Gasteiger partial charge in [0, 0.05) is 25.2 Å². The zero-order valence-corrected chi connectivity index (χ0v) is 15.8. The number of guanidine groups is 1. The number of aliphatic imine (C=N–C) groups is 1. The van der Waals surface area contributed by atoms with Crippen molar-refractivity contribution in [2.45, 2.75) is 39.2 Å². The van der Waals surface area contributed by atoms with Crippen molar-refractivity contribution >= 4 is 29.9 Å². The lowest BCUT2D eigenvalue weighted by atomic mass is 9.68. The number of nitrogens with one attached hydrogen (secondary N) is 1. The largest absolute Gasteiger partial charge is 0.357 e. The molecule has 1 saturated carbocycles. The van der Waals surface area contributed by atoms with Crippen LogP contribution in [0.2, 0.25) is 0 Å². The van der Waals surface area contributed by atoms with Gasteiger partial charge in [0.15, 0.2) is 5.96 Å². The van der Waals surface area contributed by atoms with Gasteiger partial charge in [-0.2, -0.15) is 0 Å². The Morgan fingerprint density at radius 2 is 2.09 bits per heavy atom. The van der Waals surface area contributed by atoms with Gasteiger partial charge in [-0.1, -0.05) is 6.42 Å². The van der Waals surface area contributed by atoms with E-state index in [1.54, 1.807) is 0 Å². The van der Waals surface area contributed by atoms with Crippen LogP contribution < -0.4 is 5.32 Å². The highest BCUT2D eigenvalue weighted by Gasteiger charge is 2.43. The van der Waals surface area contributed by atoms with Crippen LogP contribution in [-0.4, -0.2) is 30.5 Å². The van der Waals surface area contributed by atoms with Gasteiger partial charge in [0.05, 0.1) is 6.54 Å². The van der Waals surface area contributed by atoms with Gasteiger partial charge in [-0.05, 0) is 49.8 Å². The van der Waals surface area contributed by atoms with E-state index in [1.807, 2.05) is 6.92 Å². The van der Waals surface area contributed by atoms with Crippen molar-refractivity contribution in [1.82, 2.24) is 10.2 Å². The van der Waals surface area contributed by atoms with Gasteiger partial charge in [0.2, 0.25) is 0 Å². The fraction of sp³-hybridized carbons (Fsp3) is 0.588. The Labute approximate surface area is 153 Å². The molecule has 1 aromatic rings. The van der Waals surface area contributed by atoms with E-state index in [0.717, 1.165) is 37.7 Å². The molecule has 1 saturated heterocycles. The molecule has 1 heterocycles. The van der Waals surface area contributed by atoms with Gasteiger partial charge in [-0.15, -0.1) is 24.0 Å². The normalized spacial score (nSPS) is 19.4. The summed E-state index contributed by atoms with van der Waals surface area (Å²) in [4.78, 5) is 6.78. The Balaban J connectivity index is 0.00000192.